The van der Waals surface area contributed by atoms with Gasteiger partial charge in [-0.2, -0.15) is 0 Å². The molecule has 1 amide bonds. The Hall–Kier alpha value is -2.13. The molecule has 0 bridgehead atoms. The maximum Gasteiger partial charge on any atom is 0.251 e. The van der Waals surface area contributed by atoms with Crippen molar-refractivity contribution in [1.29, 1.82) is 0 Å². The van der Waals surface area contributed by atoms with Crippen molar-refractivity contribution in [1.82, 2.24) is 5.32 Å². The minimum absolute atomic E-state index is 0.0366. The fourth-order valence-electron chi connectivity index (χ4n) is 2.90. The van der Waals surface area contributed by atoms with E-state index < -0.39 is 0 Å². The molecule has 128 valence electrons. The lowest BCUT2D eigenvalue weighted by molar-refractivity contribution is 0.00885. The predicted molar refractivity (Wildman–Crippen MR) is 99.2 cm³/mol. The van der Waals surface area contributed by atoms with Gasteiger partial charge in [0.2, 0.25) is 0 Å². The van der Waals surface area contributed by atoms with Crippen LogP contribution in [-0.2, 0) is 4.74 Å². The van der Waals surface area contributed by atoms with Gasteiger partial charge in [-0.1, -0.05) is 36.4 Å². The Bertz CT molecular complexity index is 706. The Morgan fingerprint density at radius 3 is 2.54 bits per heavy atom. The van der Waals surface area contributed by atoms with E-state index in [9.17, 15) is 4.79 Å². The lowest BCUT2D eigenvalue weighted by atomic mass is 9.98. The summed E-state index contributed by atoms with van der Waals surface area (Å²) in [4.78, 5) is 12.5. The molecule has 0 aliphatic heterocycles. The van der Waals surface area contributed by atoms with Crippen molar-refractivity contribution in [2.45, 2.75) is 45.8 Å². The largest absolute Gasteiger partial charge is 0.379 e. The molecule has 1 atom stereocenters. The third-order valence-electron chi connectivity index (χ3n) is 4.31. The standard InChI is InChI=1S/C21H27NO2/c1-15-9-6-7-12-19(15)17-10-8-11-18(13-17)20(23)22-16(2)14-21(3,4)24-5/h6-13,16H,14H2,1-5H3,(H,22,23). The first-order valence-corrected chi connectivity index (χ1v) is 8.34. The number of nitrogens with one attached hydrogen (secondary N) is 1. The van der Waals surface area contributed by atoms with Crippen LogP contribution in [0.5, 0.6) is 0 Å². The molecule has 2 aromatic rings. The van der Waals surface area contributed by atoms with E-state index in [0.29, 0.717) is 5.56 Å². The van der Waals surface area contributed by atoms with Gasteiger partial charge < -0.3 is 10.1 Å². The molecule has 0 aromatic heterocycles. The zero-order chi connectivity index (χ0) is 17.7. The number of hydrogen-bond donors (Lipinski definition) is 1. The summed E-state index contributed by atoms with van der Waals surface area (Å²) in [5.41, 5.74) is 3.84. The predicted octanol–water partition coefficient (Wildman–Crippen LogP) is 4.60. The lowest BCUT2D eigenvalue weighted by Crippen LogP contribution is -2.38. The maximum absolute atomic E-state index is 12.5. The molecule has 2 aromatic carbocycles. The molecule has 24 heavy (non-hydrogen) atoms. The van der Waals surface area contributed by atoms with Crippen molar-refractivity contribution in [2.24, 2.45) is 0 Å². The van der Waals surface area contributed by atoms with Gasteiger partial charge >= 0.3 is 0 Å². The van der Waals surface area contributed by atoms with E-state index in [0.717, 1.165) is 17.5 Å². The minimum Gasteiger partial charge on any atom is -0.379 e. The van der Waals surface area contributed by atoms with Crippen molar-refractivity contribution >= 4 is 5.91 Å². The van der Waals surface area contributed by atoms with Crippen LogP contribution in [0.4, 0.5) is 0 Å². The highest BCUT2D eigenvalue weighted by atomic mass is 16.5. The number of benzene rings is 2. The number of hydrogen-bond acceptors (Lipinski definition) is 2. The summed E-state index contributed by atoms with van der Waals surface area (Å²) >= 11 is 0. The summed E-state index contributed by atoms with van der Waals surface area (Å²) in [6.07, 6.45) is 0.757. The van der Waals surface area contributed by atoms with Crippen molar-refractivity contribution in [3.63, 3.8) is 0 Å². The fourth-order valence-corrected chi connectivity index (χ4v) is 2.90. The smallest absolute Gasteiger partial charge is 0.251 e. The summed E-state index contributed by atoms with van der Waals surface area (Å²) < 4.78 is 5.43. The number of carbonyl (C=O) groups is 1. The monoisotopic (exact) mass is 325 g/mol. The first-order chi connectivity index (χ1) is 11.3. The summed E-state index contributed by atoms with van der Waals surface area (Å²) in [7, 11) is 1.69. The molecule has 0 fully saturated rings. The van der Waals surface area contributed by atoms with Gasteiger partial charge in [-0.05, 0) is 62.9 Å². The van der Waals surface area contributed by atoms with E-state index in [1.807, 2.05) is 57.2 Å². The normalized spacial score (nSPS) is 12.7. The summed E-state index contributed by atoms with van der Waals surface area (Å²) in [6, 6.07) is 16.0. The van der Waals surface area contributed by atoms with Crippen LogP contribution in [0.25, 0.3) is 11.1 Å². The lowest BCUT2D eigenvalue weighted by Gasteiger charge is -2.27. The molecule has 0 saturated heterocycles. The average Bonchev–Trinajstić information content (AvgIpc) is 2.55. The Balaban J connectivity index is 2.14. The molecule has 0 aliphatic rings. The molecule has 1 N–H and O–H groups in total. The Morgan fingerprint density at radius 2 is 1.88 bits per heavy atom. The van der Waals surface area contributed by atoms with Gasteiger partial charge in [0, 0.05) is 18.7 Å². The Labute approximate surface area is 145 Å². The molecule has 3 heteroatoms. The molecule has 0 saturated carbocycles. The second-order valence-corrected chi connectivity index (χ2v) is 6.94. The number of ether oxygens (including phenoxy) is 1. The fraction of sp³-hybridized carbons (Fsp3) is 0.381. The first-order valence-electron chi connectivity index (χ1n) is 8.34. The molecule has 0 aliphatic carbocycles. The number of aryl methyl sites for hydroxylation is 1. The Kier molecular flexibility index (Phi) is 5.79. The third kappa shape index (κ3) is 4.68. The number of methoxy groups -OCH3 is 1. The number of rotatable bonds is 6. The summed E-state index contributed by atoms with van der Waals surface area (Å²) in [6.45, 7) is 8.13. The topological polar surface area (TPSA) is 38.3 Å². The highest BCUT2D eigenvalue weighted by Gasteiger charge is 2.21. The zero-order valence-electron chi connectivity index (χ0n) is 15.2. The van der Waals surface area contributed by atoms with Crippen LogP contribution < -0.4 is 5.32 Å². The van der Waals surface area contributed by atoms with E-state index in [-0.39, 0.29) is 17.6 Å². The van der Waals surface area contributed by atoms with Crippen LogP contribution in [0.1, 0.15) is 43.1 Å². The molecule has 2 rings (SSSR count). The van der Waals surface area contributed by atoms with Gasteiger partial charge in [0.25, 0.3) is 5.91 Å². The van der Waals surface area contributed by atoms with Gasteiger partial charge in [0.05, 0.1) is 5.60 Å². The van der Waals surface area contributed by atoms with Crippen molar-refractivity contribution in [3.05, 3.63) is 59.7 Å². The molecular weight excluding hydrogens is 298 g/mol. The van der Waals surface area contributed by atoms with Crippen molar-refractivity contribution in [2.75, 3.05) is 7.11 Å². The Morgan fingerprint density at radius 1 is 1.17 bits per heavy atom. The molecule has 0 radical (unpaired) electrons. The van der Waals surface area contributed by atoms with Gasteiger partial charge in [-0.3, -0.25) is 4.79 Å². The minimum atomic E-state index is -0.254. The van der Waals surface area contributed by atoms with Gasteiger partial charge in [0.15, 0.2) is 0 Å². The quantitative estimate of drug-likeness (QED) is 0.843. The highest BCUT2D eigenvalue weighted by Crippen LogP contribution is 2.24. The second-order valence-electron chi connectivity index (χ2n) is 6.94. The van der Waals surface area contributed by atoms with E-state index in [1.54, 1.807) is 7.11 Å². The molecule has 1 unspecified atom stereocenters. The van der Waals surface area contributed by atoms with Crippen LogP contribution in [0.2, 0.25) is 0 Å². The van der Waals surface area contributed by atoms with Gasteiger partial charge in [0.1, 0.15) is 0 Å². The van der Waals surface area contributed by atoms with E-state index in [1.165, 1.54) is 5.56 Å². The third-order valence-corrected chi connectivity index (χ3v) is 4.31. The van der Waals surface area contributed by atoms with Crippen LogP contribution in [0, 0.1) is 6.92 Å². The molecule has 0 spiro atoms. The van der Waals surface area contributed by atoms with Crippen LogP contribution in [0.15, 0.2) is 48.5 Å². The summed E-state index contributed by atoms with van der Waals surface area (Å²) in [5.74, 6) is -0.0511. The van der Waals surface area contributed by atoms with Crippen molar-refractivity contribution < 1.29 is 9.53 Å². The second kappa shape index (κ2) is 7.63. The van der Waals surface area contributed by atoms with E-state index in [4.69, 9.17) is 4.74 Å². The van der Waals surface area contributed by atoms with E-state index in [2.05, 4.69) is 24.4 Å². The average molecular weight is 325 g/mol. The SMILES string of the molecule is COC(C)(C)CC(C)NC(=O)c1cccc(-c2ccccc2C)c1. The molecule has 0 heterocycles. The first kappa shape index (κ1) is 18.2. The number of amides is 1. The van der Waals surface area contributed by atoms with Crippen LogP contribution >= 0.6 is 0 Å². The maximum atomic E-state index is 12.5. The van der Waals surface area contributed by atoms with Gasteiger partial charge in [-0.25, -0.2) is 0 Å². The van der Waals surface area contributed by atoms with Crippen LogP contribution in [-0.4, -0.2) is 24.7 Å². The van der Waals surface area contributed by atoms with Gasteiger partial charge in [-0.15, -0.1) is 0 Å². The van der Waals surface area contributed by atoms with E-state index >= 15 is 0 Å². The molecule has 3 nitrogen and oxygen atoms in total. The highest BCUT2D eigenvalue weighted by molar-refractivity contribution is 5.95. The molecular formula is C21H27NO2. The van der Waals surface area contributed by atoms with Crippen LogP contribution in [0.3, 0.4) is 0 Å². The van der Waals surface area contributed by atoms with Crippen molar-refractivity contribution in [3.8, 4) is 11.1 Å². The number of carbonyl (C=O) groups excluding carboxylic acids is 1. The summed E-state index contributed by atoms with van der Waals surface area (Å²) in [5, 5.41) is 3.06. The zero-order valence-corrected chi connectivity index (χ0v) is 15.2.